The molecule has 5 atom stereocenters. The number of unbranched alkanes of at least 4 members (excludes halogenated alkanes) is 3. The highest BCUT2D eigenvalue weighted by Gasteiger charge is 2.42. The van der Waals surface area contributed by atoms with Gasteiger partial charge in [-0.2, -0.15) is 0 Å². The second-order valence-electron chi connectivity index (χ2n) is 14.6. The third kappa shape index (κ3) is 24.0. The van der Waals surface area contributed by atoms with Crippen molar-refractivity contribution < 1.29 is 23.6 Å². The number of amides is 5. The lowest BCUT2D eigenvalue weighted by Crippen LogP contribution is -2.61. The van der Waals surface area contributed by atoms with E-state index in [4.69, 9.17) is 0 Å². The lowest BCUT2D eigenvalue weighted by molar-refractivity contribution is -0.142. The van der Waals surface area contributed by atoms with Crippen molar-refractivity contribution in [3.8, 4) is 0 Å². The van der Waals surface area contributed by atoms with Crippen molar-refractivity contribution in [2.45, 2.75) is 138 Å². The largest absolute Gasteiger partial charge is 0.355 e. The first-order chi connectivity index (χ1) is 23.3. The molecule has 0 bridgehead atoms. The van der Waals surface area contributed by atoms with Gasteiger partial charge >= 0.3 is 6.03 Å². The fourth-order valence-corrected chi connectivity index (χ4v) is 4.91. The van der Waals surface area contributed by atoms with Crippen LogP contribution in [0.4, 0.5) is 9.18 Å². The molecular weight excluding hydrogens is 676 g/mol. The number of likely N-dealkylation sites (N-methyl/N-ethyl adjacent to an activating group) is 1. The molecule has 4 N–H and O–H groups in total. The predicted molar refractivity (Wildman–Crippen MR) is 213 cm³/mol. The molecule has 292 valence electrons. The van der Waals surface area contributed by atoms with E-state index in [0.29, 0.717) is 32.5 Å². The molecule has 1 aliphatic rings. The minimum absolute atomic E-state index is 0.122. The maximum absolute atomic E-state index is 13.7. The molecule has 1 rings (SSSR count). The van der Waals surface area contributed by atoms with E-state index in [-0.39, 0.29) is 35.7 Å². The van der Waals surface area contributed by atoms with Gasteiger partial charge in [0.2, 0.25) is 17.7 Å². The van der Waals surface area contributed by atoms with Gasteiger partial charge < -0.3 is 26.2 Å². The van der Waals surface area contributed by atoms with E-state index in [1.165, 1.54) is 19.8 Å². The maximum atomic E-state index is 13.7. The summed E-state index contributed by atoms with van der Waals surface area (Å²) in [5.41, 5.74) is -0.770. The quantitative estimate of drug-likeness (QED) is 0.0634. The van der Waals surface area contributed by atoms with E-state index in [9.17, 15) is 23.6 Å². The zero-order valence-electron chi connectivity index (χ0n) is 33.2. The summed E-state index contributed by atoms with van der Waals surface area (Å²) in [6.07, 6.45) is 14.5. The van der Waals surface area contributed by atoms with Crippen LogP contribution >= 0.6 is 21.2 Å². The van der Waals surface area contributed by atoms with Gasteiger partial charge in [-0.15, -0.1) is 9.24 Å². The van der Waals surface area contributed by atoms with Crippen molar-refractivity contribution in [3.63, 3.8) is 0 Å². The van der Waals surface area contributed by atoms with Gasteiger partial charge in [-0.1, -0.05) is 92.7 Å². The van der Waals surface area contributed by atoms with Crippen LogP contribution in [0, 0.1) is 10.8 Å². The molecule has 5 unspecified atom stereocenters. The van der Waals surface area contributed by atoms with Crippen molar-refractivity contribution in [1.82, 2.24) is 30.5 Å². The first-order valence-corrected chi connectivity index (χ1v) is 19.8. The van der Waals surface area contributed by atoms with Gasteiger partial charge in [-0.25, -0.2) is 9.18 Å². The summed E-state index contributed by atoms with van der Waals surface area (Å²) in [4.78, 5) is 57.1. The zero-order chi connectivity index (χ0) is 38.9. The Labute approximate surface area is 310 Å². The van der Waals surface area contributed by atoms with Gasteiger partial charge in [0.15, 0.2) is 0 Å². The molecule has 1 saturated heterocycles. The first kappa shape index (κ1) is 49.9. The van der Waals surface area contributed by atoms with E-state index < -0.39 is 29.4 Å². The fourth-order valence-electron chi connectivity index (χ4n) is 4.61. The number of nitrogens with one attached hydrogen (secondary N) is 4. The molecule has 5 amide bonds. The Kier molecular flexibility index (Phi) is 27.3. The van der Waals surface area contributed by atoms with Crippen LogP contribution in [0.5, 0.6) is 0 Å². The Morgan fingerprint density at radius 3 is 2.14 bits per heavy atom. The third-order valence-electron chi connectivity index (χ3n) is 7.67. The molecule has 0 aromatic heterocycles. The SMILES string of the molecule is CC(F)P.CC=N/C=C\CCCC.CCCCNC(=O)CNC(=O)C1CCCN1C(=O)C(NC(=O)NC(CN(C)SC)C(C)(C)C)C(C)(C)C. The second-order valence-corrected chi connectivity index (χ2v) is 16.5. The van der Waals surface area contributed by atoms with Crippen LogP contribution in [0.3, 0.4) is 0 Å². The van der Waals surface area contributed by atoms with Gasteiger partial charge in [0.05, 0.1) is 6.54 Å². The molecule has 14 heteroatoms. The summed E-state index contributed by atoms with van der Waals surface area (Å²) >= 11 is 1.59. The number of allylic oxidation sites excluding steroid dienone is 1. The van der Waals surface area contributed by atoms with Gasteiger partial charge in [0.1, 0.15) is 18.0 Å². The number of hydrogen-bond acceptors (Lipinski definition) is 7. The Morgan fingerprint density at radius 2 is 1.64 bits per heavy atom. The summed E-state index contributed by atoms with van der Waals surface area (Å²) in [7, 11) is 3.96. The van der Waals surface area contributed by atoms with E-state index in [1.54, 1.807) is 23.1 Å². The van der Waals surface area contributed by atoms with E-state index in [1.807, 2.05) is 63.4 Å². The second kappa shape index (κ2) is 27.4. The summed E-state index contributed by atoms with van der Waals surface area (Å²) in [6.45, 7) is 21.0. The van der Waals surface area contributed by atoms with Gasteiger partial charge in [-0.3, -0.25) is 23.7 Å². The fraction of sp³-hybridized carbons (Fsp3) is 0.806. The number of alkyl halides is 1. The third-order valence-corrected chi connectivity index (χ3v) is 8.44. The molecule has 0 radical (unpaired) electrons. The van der Waals surface area contributed by atoms with Crippen molar-refractivity contribution in [1.29, 1.82) is 0 Å². The average Bonchev–Trinajstić information content (AvgIpc) is 3.51. The lowest BCUT2D eigenvalue weighted by Gasteiger charge is -2.37. The Bertz CT molecular complexity index is 1030. The Balaban J connectivity index is 0. The lowest BCUT2D eigenvalue weighted by atomic mass is 9.85. The minimum Gasteiger partial charge on any atom is -0.355 e. The summed E-state index contributed by atoms with van der Waals surface area (Å²) in [5.74, 6) is -1.63. The zero-order valence-corrected chi connectivity index (χ0v) is 35.1. The monoisotopic (exact) mass is 748 g/mol. The highest BCUT2D eigenvalue weighted by Crippen LogP contribution is 2.26. The molecule has 0 saturated carbocycles. The van der Waals surface area contributed by atoms with Crippen LogP contribution in [0.2, 0.25) is 0 Å². The molecule has 1 fully saturated rings. The normalized spacial score (nSPS) is 16.5. The van der Waals surface area contributed by atoms with Crippen LogP contribution < -0.4 is 21.3 Å². The first-order valence-electron chi connectivity index (χ1n) is 18.0. The van der Waals surface area contributed by atoms with Crippen LogP contribution in [0.15, 0.2) is 17.3 Å². The molecule has 0 aromatic rings. The van der Waals surface area contributed by atoms with E-state index in [0.717, 1.165) is 19.3 Å². The number of urea groups is 1. The molecule has 1 aliphatic heterocycles. The van der Waals surface area contributed by atoms with Crippen molar-refractivity contribution >= 4 is 51.2 Å². The molecule has 0 aliphatic carbocycles. The van der Waals surface area contributed by atoms with Crippen LogP contribution in [-0.4, -0.2) is 103 Å². The van der Waals surface area contributed by atoms with Gasteiger partial charge in [-0.05, 0) is 63.7 Å². The molecule has 1 heterocycles. The van der Waals surface area contributed by atoms with Crippen LogP contribution in [0.1, 0.15) is 114 Å². The molecule has 0 aromatic carbocycles. The van der Waals surface area contributed by atoms with Crippen molar-refractivity contribution in [3.05, 3.63) is 12.3 Å². The molecule has 0 spiro atoms. The predicted octanol–water partition coefficient (Wildman–Crippen LogP) is 6.31. The highest BCUT2D eigenvalue weighted by molar-refractivity contribution is 7.96. The molecule has 50 heavy (non-hydrogen) atoms. The summed E-state index contributed by atoms with van der Waals surface area (Å²) in [6, 6.07) is -2.04. The van der Waals surface area contributed by atoms with Crippen LogP contribution in [0.25, 0.3) is 0 Å². The van der Waals surface area contributed by atoms with E-state index in [2.05, 4.69) is 64.3 Å². The average molecular weight is 748 g/mol. The number of rotatable bonds is 16. The number of aliphatic imine (C=N–C) groups is 1. The Hall–Kier alpha value is -2.24. The number of carbonyl (C=O) groups is 4. The summed E-state index contributed by atoms with van der Waals surface area (Å²) < 4.78 is 13.0. The smallest absolute Gasteiger partial charge is 0.315 e. The molecule has 11 nitrogen and oxygen atoms in total. The number of hydrogen-bond donors (Lipinski definition) is 4. The maximum Gasteiger partial charge on any atom is 0.315 e. The van der Waals surface area contributed by atoms with Gasteiger partial charge in [0, 0.05) is 38.1 Å². The van der Waals surface area contributed by atoms with Crippen molar-refractivity contribution in [2.75, 3.05) is 39.5 Å². The number of nitrogens with zero attached hydrogens (tertiary/aromatic N) is 3. The minimum atomic E-state index is -0.822. The number of carbonyl (C=O) groups excluding carboxylic acids is 4. The Morgan fingerprint density at radius 1 is 1.04 bits per heavy atom. The highest BCUT2D eigenvalue weighted by atomic mass is 32.2. The standard InChI is InChI=1S/C26H50N6O4S.C8H15N.C2H6FP/c1-10-11-14-27-20(33)16-28-22(34)18-13-12-15-32(18)23(35)21(26(5,6)7)30-24(36)29-19(25(2,3)4)17-31(8)37-9;1-3-5-6-7-8-9-4-2;1-2(3)4/h18-19,21H,10-17H2,1-9H3,(H,27,33)(H,28,34)(H2,29,30,36);4,7-8H,3,5-6H2,1-2H3;2H,4H2,1H3/b;8-7-,9-4?;. The number of halogens is 1. The summed E-state index contributed by atoms with van der Waals surface area (Å²) in [5, 5.41) is 11.4. The van der Waals surface area contributed by atoms with Crippen LogP contribution in [-0.2, 0) is 14.4 Å². The topological polar surface area (TPSA) is 135 Å². The number of likely N-dealkylation sites (tertiary alicyclic amines) is 1. The van der Waals surface area contributed by atoms with Crippen molar-refractivity contribution in [2.24, 2.45) is 15.8 Å². The van der Waals surface area contributed by atoms with E-state index >= 15 is 0 Å². The molecular formula is C36H71FN7O4PS. The van der Waals surface area contributed by atoms with Gasteiger partial charge in [0.25, 0.3) is 0 Å².